The fourth-order valence-electron chi connectivity index (χ4n) is 1.47. The Labute approximate surface area is 154 Å². The number of halogens is 2. The topological polar surface area (TPSA) is 73.1 Å². The maximum atomic E-state index is 11.6. The van der Waals surface area contributed by atoms with E-state index in [9.17, 15) is 4.79 Å². The maximum absolute atomic E-state index is 11.6. The minimum atomic E-state index is -0.357. The molecule has 22 heavy (non-hydrogen) atoms. The Balaban J connectivity index is 1.81. The van der Waals surface area contributed by atoms with Crippen LogP contribution in [0.5, 0.6) is 11.5 Å². The summed E-state index contributed by atoms with van der Waals surface area (Å²) >= 11 is 4.16. The van der Waals surface area contributed by atoms with Crippen LogP contribution in [0.4, 0.5) is 0 Å². The molecule has 1 amide bonds. The van der Waals surface area contributed by atoms with Crippen molar-refractivity contribution in [2.24, 2.45) is 5.10 Å². The van der Waals surface area contributed by atoms with Crippen LogP contribution in [0, 0.1) is 7.34 Å². The van der Waals surface area contributed by atoms with E-state index in [0.717, 1.165) is 13.1 Å². The number of ether oxygens (including phenoxy) is 2. The van der Waals surface area contributed by atoms with Crippen LogP contribution in [0.3, 0.4) is 0 Å². The van der Waals surface area contributed by atoms with E-state index in [4.69, 9.17) is 13.9 Å². The molecule has 1 aromatic carbocycles. The van der Waals surface area contributed by atoms with Gasteiger partial charge in [-0.25, -0.2) is 5.43 Å². The standard InChI is InChI=1S/C14H12I2N2O4/c1-20-9-2-4-12(11(15)6-9)21-8-14(19)18-17-7-10-3-5-13(16)22-10/h2-7H,8H2,1H3,(H,18,19)/b17-7-. The molecule has 6 nitrogen and oxygen atoms in total. The van der Waals surface area contributed by atoms with Crippen LogP contribution in [0.15, 0.2) is 39.9 Å². The third-order valence-electron chi connectivity index (χ3n) is 2.47. The normalized spacial score (nSPS) is 10.7. The number of rotatable bonds is 6. The molecular formula is C14H12I2N2O4. The number of carbonyl (C=O) groups is 1. The van der Waals surface area contributed by atoms with Crippen LogP contribution in [0.1, 0.15) is 5.76 Å². The number of methoxy groups -OCH3 is 1. The Morgan fingerprint density at radius 3 is 2.82 bits per heavy atom. The molecule has 1 N–H and O–H groups in total. The number of furan rings is 1. The number of hydrogen-bond donors (Lipinski definition) is 1. The largest absolute Gasteiger partial charge is 0.497 e. The zero-order chi connectivity index (χ0) is 15.9. The van der Waals surface area contributed by atoms with Crippen LogP contribution in [0.25, 0.3) is 0 Å². The van der Waals surface area contributed by atoms with E-state index >= 15 is 0 Å². The predicted octanol–water partition coefficient (Wildman–Crippen LogP) is 3.03. The average Bonchev–Trinajstić information content (AvgIpc) is 2.91. The Morgan fingerprint density at radius 2 is 2.18 bits per heavy atom. The summed E-state index contributed by atoms with van der Waals surface area (Å²) in [4.78, 5) is 11.6. The van der Waals surface area contributed by atoms with Gasteiger partial charge in [-0.15, -0.1) is 0 Å². The van der Waals surface area contributed by atoms with Crippen LogP contribution in [-0.2, 0) is 4.79 Å². The molecule has 0 radical (unpaired) electrons. The van der Waals surface area contributed by atoms with Crippen LogP contribution < -0.4 is 14.9 Å². The first-order valence-corrected chi connectivity index (χ1v) is 8.28. The predicted molar refractivity (Wildman–Crippen MR) is 98.4 cm³/mol. The van der Waals surface area contributed by atoms with Gasteiger partial charge in [-0.1, -0.05) is 0 Å². The van der Waals surface area contributed by atoms with Crippen LogP contribution in [0.2, 0.25) is 0 Å². The van der Waals surface area contributed by atoms with E-state index in [1.807, 2.05) is 28.7 Å². The fraction of sp³-hybridized carbons (Fsp3) is 0.143. The highest BCUT2D eigenvalue weighted by atomic mass is 127. The maximum Gasteiger partial charge on any atom is 0.277 e. The smallest absolute Gasteiger partial charge is 0.277 e. The fourth-order valence-corrected chi connectivity index (χ4v) is 2.54. The van der Waals surface area contributed by atoms with Gasteiger partial charge in [0, 0.05) is 0 Å². The summed E-state index contributed by atoms with van der Waals surface area (Å²) in [5.41, 5.74) is 2.37. The Morgan fingerprint density at radius 1 is 1.36 bits per heavy atom. The van der Waals surface area contributed by atoms with Crippen molar-refractivity contribution in [3.8, 4) is 11.5 Å². The second-order valence-electron chi connectivity index (χ2n) is 4.02. The number of amides is 1. The molecule has 0 atom stereocenters. The minimum Gasteiger partial charge on any atom is -0.497 e. The quantitative estimate of drug-likeness (QED) is 0.357. The zero-order valence-corrected chi connectivity index (χ0v) is 15.8. The highest BCUT2D eigenvalue weighted by Gasteiger charge is 2.06. The van der Waals surface area contributed by atoms with E-state index in [-0.39, 0.29) is 12.5 Å². The lowest BCUT2D eigenvalue weighted by atomic mass is 10.3. The molecule has 1 heterocycles. The summed E-state index contributed by atoms with van der Waals surface area (Å²) in [5, 5.41) is 3.79. The number of nitrogens with zero attached hydrogens (tertiary/aromatic N) is 1. The molecular weight excluding hydrogens is 514 g/mol. The van der Waals surface area contributed by atoms with Gasteiger partial charge in [0.15, 0.2) is 10.4 Å². The lowest BCUT2D eigenvalue weighted by Gasteiger charge is -2.08. The molecule has 0 unspecified atom stereocenters. The molecule has 1 aromatic heterocycles. The van der Waals surface area contributed by atoms with Crippen molar-refractivity contribution < 1.29 is 18.7 Å². The Kier molecular flexibility index (Phi) is 6.49. The summed E-state index contributed by atoms with van der Waals surface area (Å²) in [6.45, 7) is -0.130. The second kappa shape index (κ2) is 8.36. The number of nitrogens with one attached hydrogen (secondary N) is 1. The molecule has 0 aliphatic rings. The number of hydrogen-bond acceptors (Lipinski definition) is 5. The van der Waals surface area contributed by atoms with Crippen molar-refractivity contribution in [3.63, 3.8) is 0 Å². The van der Waals surface area contributed by atoms with Gasteiger partial charge in [0.25, 0.3) is 5.91 Å². The highest BCUT2D eigenvalue weighted by molar-refractivity contribution is 14.1. The first kappa shape index (κ1) is 17.1. The number of benzene rings is 1. The monoisotopic (exact) mass is 526 g/mol. The minimum absolute atomic E-state index is 0.130. The van der Waals surface area contributed by atoms with Crippen molar-refractivity contribution in [1.82, 2.24) is 5.43 Å². The molecule has 116 valence electrons. The molecule has 0 fully saturated rings. The van der Waals surface area contributed by atoms with Gasteiger partial charge in [0.05, 0.1) is 16.9 Å². The van der Waals surface area contributed by atoms with Crippen molar-refractivity contribution >= 4 is 57.3 Å². The average molecular weight is 526 g/mol. The van der Waals surface area contributed by atoms with Gasteiger partial charge >= 0.3 is 0 Å². The van der Waals surface area contributed by atoms with Gasteiger partial charge in [-0.05, 0) is 75.5 Å². The van der Waals surface area contributed by atoms with E-state index in [2.05, 4.69) is 33.1 Å². The lowest BCUT2D eigenvalue weighted by Crippen LogP contribution is -2.24. The summed E-state index contributed by atoms with van der Waals surface area (Å²) < 4.78 is 17.4. The van der Waals surface area contributed by atoms with Gasteiger partial charge in [0.1, 0.15) is 17.3 Å². The van der Waals surface area contributed by atoms with Crippen molar-refractivity contribution in [2.45, 2.75) is 0 Å². The number of hydrazone groups is 1. The van der Waals surface area contributed by atoms with Crippen LogP contribution in [-0.4, -0.2) is 25.8 Å². The molecule has 0 aliphatic carbocycles. The highest BCUT2D eigenvalue weighted by Crippen LogP contribution is 2.25. The van der Waals surface area contributed by atoms with E-state index in [1.54, 1.807) is 31.4 Å². The summed E-state index contributed by atoms with van der Waals surface area (Å²) in [7, 11) is 1.59. The lowest BCUT2D eigenvalue weighted by molar-refractivity contribution is -0.123. The zero-order valence-electron chi connectivity index (χ0n) is 11.5. The molecule has 8 heteroatoms. The Bertz CT molecular complexity index is 685. The van der Waals surface area contributed by atoms with Gasteiger partial charge in [-0.2, -0.15) is 5.10 Å². The third-order valence-corrected chi connectivity index (χ3v) is 3.90. The summed E-state index contributed by atoms with van der Waals surface area (Å²) in [6.07, 6.45) is 1.43. The van der Waals surface area contributed by atoms with Gasteiger partial charge in [-0.3, -0.25) is 4.79 Å². The molecule has 2 aromatic rings. The first-order chi connectivity index (χ1) is 10.6. The van der Waals surface area contributed by atoms with Crippen molar-refractivity contribution in [2.75, 3.05) is 13.7 Å². The summed E-state index contributed by atoms with van der Waals surface area (Å²) in [5.74, 6) is 1.56. The molecule has 0 bridgehead atoms. The SMILES string of the molecule is COc1ccc(OCC(=O)N/N=C\c2ccc(I)o2)c(I)c1. The van der Waals surface area contributed by atoms with E-state index < -0.39 is 0 Å². The number of carbonyl (C=O) groups excluding carboxylic acids is 1. The van der Waals surface area contributed by atoms with Gasteiger partial charge < -0.3 is 13.9 Å². The Hall–Kier alpha value is -1.30. The second-order valence-corrected chi connectivity index (χ2v) is 6.25. The molecule has 0 saturated heterocycles. The van der Waals surface area contributed by atoms with E-state index in [1.165, 1.54) is 6.21 Å². The molecule has 0 aliphatic heterocycles. The van der Waals surface area contributed by atoms with E-state index in [0.29, 0.717) is 11.5 Å². The molecule has 0 spiro atoms. The summed E-state index contributed by atoms with van der Waals surface area (Å²) in [6, 6.07) is 8.91. The van der Waals surface area contributed by atoms with Crippen LogP contribution >= 0.6 is 45.2 Å². The third kappa shape index (κ3) is 5.16. The molecule has 0 saturated carbocycles. The van der Waals surface area contributed by atoms with Crippen molar-refractivity contribution in [1.29, 1.82) is 0 Å². The molecule has 2 rings (SSSR count). The van der Waals surface area contributed by atoms with Gasteiger partial charge in [0.2, 0.25) is 0 Å². The first-order valence-electron chi connectivity index (χ1n) is 6.12. The van der Waals surface area contributed by atoms with Crippen molar-refractivity contribution in [3.05, 3.63) is 43.4 Å².